The van der Waals surface area contributed by atoms with Crippen LogP contribution in [0.4, 0.5) is 5.69 Å². The molecule has 2 aromatic carbocycles. The lowest BCUT2D eigenvalue weighted by Gasteiger charge is -2.12. The van der Waals surface area contributed by atoms with E-state index < -0.39 is 0 Å². The monoisotopic (exact) mass is 358 g/mol. The predicted octanol–water partition coefficient (Wildman–Crippen LogP) is 4.03. The topological polar surface area (TPSA) is 51.1 Å². The van der Waals surface area contributed by atoms with E-state index >= 15 is 0 Å². The molecule has 0 aliphatic carbocycles. The van der Waals surface area contributed by atoms with E-state index in [-0.39, 0.29) is 16.0 Å². The number of thioether (sulfide) groups is 1. The van der Waals surface area contributed by atoms with E-state index in [9.17, 15) is 9.59 Å². The van der Waals surface area contributed by atoms with Crippen LogP contribution >= 0.6 is 23.1 Å². The standard InChI is InChI=1S/C18H18N2O2S2/c1-11-4-7-14(8-5-11)23-12(2)17(21)19-13-6-9-15-16(10-13)24-18(22)20(15)3/h4-10,12H,1-3H3,(H,19,21)/t12-/m1/s1. The average molecular weight is 358 g/mol. The summed E-state index contributed by atoms with van der Waals surface area (Å²) >= 11 is 2.71. The van der Waals surface area contributed by atoms with Crippen LogP contribution in [0.2, 0.25) is 0 Å². The Bertz CT molecular complexity index is 942. The zero-order chi connectivity index (χ0) is 17.3. The van der Waals surface area contributed by atoms with Gasteiger partial charge in [-0.15, -0.1) is 11.8 Å². The Morgan fingerprint density at radius 2 is 1.92 bits per heavy atom. The second-order valence-electron chi connectivity index (χ2n) is 5.67. The van der Waals surface area contributed by atoms with Crippen LogP contribution in [0, 0.1) is 6.92 Å². The second kappa shape index (κ2) is 6.83. The third-order valence-corrected chi connectivity index (χ3v) is 5.87. The maximum Gasteiger partial charge on any atom is 0.307 e. The fourth-order valence-electron chi connectivity index (χ4n) is 2.33. The van der Waals surface area contributed by atoms with Gasteiger partial charge in [0, 0.05) is 17.6 Å². The molecule has 1 atom stereocenters. The number of carbonyl (C=O) groups is 1. The minimum absolute atomic E-state index is 0.00299. The summed E-state index contributed by atoms with van der Waals surface area (Å²) in [6, 6.07) is 13.7. The van der Waals surface area contributed by atoms with Crippen molar-refractivity contribution in [3.8, 4) is 0 Å². The van der Waals surface area contributed by atoms with Gasteiger partial charge in [0.1, 0.15) is 0 Å². The normalized spacial score (nSPS) is 12.3. The number of anilines is 1. The molecule has 0 aliphatic heterocycles. The zero-order valence-electron chi connectivity index (χ0n) is 13.7. The van der Waals surface area contributed by atoms with Gasteiger partial charge in [0.15, 0.2) is 0 Å². The number of fused-ring (bicyclic) bond motifs is 1. The van der Waals surface area contributed by atoms with E-state index in [2.05, 4.69) is 5.32 Å². The summed E-state index contributed by atoms with van der Waals surface area (Å²) in [7, 11) is 1.75. The first-order valence-corrected chi connectivity index (χ1v) is 9.27. The molecule has 0 spiro atoms. The third kappa shape index (κ3) is 3.55. The molecule has 0 unspecified atom stereocenters. The molecule has 0 aliphatic rings. The van der Waals surface area contributed by atoms with Crippen molar-refractivity contribution in [2.75, 3.05) is 5.32 Å². The maximum absolute atomic E-state index is 12.4. The fourth-order valence-corrected chi connectivity index (χ4v) is 4.12. The Kier molecular flexibility index (Phi) is 4.78. The highest BCUT2D eigenvalue weighted by Gasteiger charge is 2.15. The van der Waals surface area contributed by atoms with Crippen LogP contribution in [0.3, 0.4) is 0 Å². The van der Waals surface area contributed by atoms with Crippen molar-refractivity contribution in [2.24, 2.45) is 7.05 Å². The first-order valence-electron chi connectivity index (χ1n) is 7.58. The number of carbonyl (C=O) groups excluding carboxylic acids is 1. The summed E-state index contributed by atoms with van der Waals surface area (Å²) in [5.74, 6) is -0.0526. The maximum atomic E-state index is 12.4. The smallest absolute Gasteiger partial charge is 0.307 e. The van der Waals surface area contributed by atoms with Crippen LogP contribution in [0.5, 0.6) is 0 Å². The highest BCUT2D eigenvalue weighted by molar-refractivity contribution is 8.00. The molecule has 0 radical (unpaired) electrons. The van der Waals surface area contributed by atoms with E-state index in [1.807, 2.05) is 56.3 Å². The number of thiazole rings is 1. The van der Waals surface area contributed by atoms with E-state index in [0.717, 1.165) is 15.1 Å². The SMILES string of the molecule is Cc1ccc(S[C@H](C)C(=O)Nc2ccc3c(c2)sc(=O)n3C)cc1. The molecule has 0 fully saturated rings. The number of rotatable bonds is 4. The highest BCUT2D eigenvalue weighted by Crippen LogP contribution is 2.26. The van der Waals surface area contributed by atoms with Gasteiger partial charge in [-0.1, -0.05) is 29.0 Å². The van der Waals surface area contributed by atoms with Gasteiger partial charge in [0.2, 0.25) is 5.91 Å². The van der Waals surface area contributed by atoms with Crippen molar-refractivity contribution < 1.29 is 4.79 Å². The zero-order valence-corrected chi connectivity index (χ0v) is 15.3. The van der Waals surface area contributed by atoms with Crippen LogP contribution in [-0.2, 0) is 11.8 Å². The number of aromatic nitrogens is 1. The second-order valence-corrected chi connectivity index (χ2v) is 8.08. The molecule has 3 aromatic rings. The van der Waals surface area contributed by atoms with Crippen LogP contribution in [-0.4, -0.2) is 15.7 Å². The van der Waals surface area contributed by atoms with Crippen LogP contribution in [0.15, 0.2) is 52.2 Å². The molecule has 6 heteroatoms. The minimum Gasteiger partial charge on any atom is -0.325 e. The van der Waals surface area contributed by atoms with Crippen molar-refractivity contribution in [3.63, 3.8) is 0 Å². The predicted molar refractivity (Wildman–Crippen MR) is 102 cm³/mol. The van der Waals surface area contributed by atoms with Crippen molar-refractivity contribution in [3.05, 3.63) is 57.7 Å². The van der Waals surface area contributed by atoms with E-state index in [1.54, 1.807) is 11.6 Å². The molecule has 1 heterocycles. The Morgan fingerprint density at radius 3 is 2.62 bits per heavy atom. The van der Waals surface area contributed by atoms with Gasteiger partial charge >= 0.3 is 4.87 Å². The van der Waals surface area contributed by atoms with Gasteiger partial charge < -0.3 is 9.88 Å². The first kappa shape index (κ1) is 16.8. The largest absolute Gasteiger partial charge is 0.325 e. The van der Waals surface area contributed by atoms with Crippen molar-refractivity contribution in [1.82, 2.24) is 4.57 Å². The lowest BCUT2D eigenvalue weighted by Crippen LogP contribution is -2.22. The van der Waals surface area contributed by atoms with Gasteiger partial charge in [-0.2, -0.15) is 0 Å². The first-order chi connectivity index (χ1) is 11.4. The van der Waals surface area contributed by atoms with Crippen LogP contribution in [0.1, 0.15) is 12.5 Å². The molecule has 124 valence electrons. The van der Waals surface area contributed by atoms with E-state index in [4.69, 9.17) is 0 Å². The number of nitrogens with zero attached hydrogens (tertiary/aromatic N) is 1. The van der Waals surface area contributed by atoms with Gasteiger partial charge in [-0.05, 0) is 44.2 Å². The lowest BCUT2D eigenvalue weighted by atomic mass is 10.2. The van der Waals surface area contributed by atoms with Crippen molar-refractivity contribution >= 4 is 44.9 Å². The number of benzene rings is 2. The quantitative estimate of drug-likeness (QED) is 0.717. The lowest BCUT2D eigenvalue weighted by molar-refractivity contribution is -0.115. The summed E-state index contributed by atoms with van der Waals surface area (Å²) in [6.45, 7) is 3.93. The summed E-state index contributed by atoms with van der Waals surface area (Å²) in [6.07, 6.45) is 0. The Balaban J connectivity index is 1.71. The number of nitrogens with one attached hydrogen (secondary N) is 1. The molecule has 3 rings (SSSR count). The molecule has 0 saturated carbocycles. The fraction of sp³-hybridized carbons (Fsp3) is 0.222. The summed E-state index contributed by atoms with van der Waals surface area (Å²) < 4.78 is 2.49. The number of hydrogen-bond acceptors (Lipinski definition) is 4. The Hall–Kier alpha value is -2.05. The molecule has 1 aromatic heterocycles. The van der Waals surface area contributed by atoms with Gasteiger partial charge in [0.05, 0.1) is 15.5 Å². The van der Waals surface area contributed by atoms with Gasteiger partial charge in [-0.3, -0.25) is 9.59 Å². The molecule has 1 amide bonds. The highest BCUT2D eigenvalue weighted by atomic mass is 32.2. The number of hydrogen-bond donors (Lipinski definition) is 1. The van der Waals surface area contributed by atoms with E-state index in [1.165, 1.54) is 28.7 Å². The third-order valence-electron chi connectivity index (χ3n) is 3.76. The van der Waals surface area contributed by atoms with Gasteiger partial charge in [-0.25, -0.2) is 0 Å². The van der Waals surface area contributed by atoms with Gasteiger partial charge in [0.25, 0.3) is 0 Å². The van der Waals surface area contributed by atoms with Crippen molar-refractivity contribution in [1.29, 1.82) is 0 Å². The summed E-state index contributed by atoms with van der Waals surface area (Å²) in [4.78, 5) is 25.2. The molecule has 0 saturated heterocycles. The molecule has 4 nitrogen and oxygen atoms in total. The van der Waals surface area contributed by atoms with E-state index in [0.29, 0.717) is 5.69 Å². The van der Waals surface area contributed by atoms with Crippen molar-refractivity contribution in [2.45, 2.75) is 24.0 Å². The number of aryl methyl sites for hydroxylation is 2. The molecular formula is C18H18N2O2S2. The number of amides is 1. The minimum atomic E-state index is -0.210. The van der Waals surface area contributed by atoms with Crippen LogP contribution in [0.25, 0.3) is 10.2 Å². The molecule has 1 N–H and O–H groups in total. The summed E-state index contributed by atoms with van der Waals surface area (Å²) in [5.41, 5.74) is 2.79. The molecule has 24 heavy (non-hydrogen) atoms. The average Bonchev–Trinajstić information content (AvgIpc) is 2.83. The summed E-state index contributed by atoms with van der Waals surface area (Å²) in [5, 5.41) is 2.72. The van der Waals surface area contributed by atoms with Crippen LogP contribution < -0.4 is 10.2 Å². The Labute approximate surface area is 148 Å². The molecule has 0 bridgehead atoms. The Morgan fingerprint density at radius 1 is 1.21 bits per heavy atom. The molecular weight excluding hydrogens is 340 g/mol.